The molecule has 120 valence electrons. The Hall–Kier alpha value is -2.51. The van der Waals surface area contributed by atoms with Gasteiger partial charge in [0, 0.05) is 7.05 Å². The molecule has 0 fully saturated rings. The fourth-order valence-electron chi connectivity index (χ4n) is 1.53. The maximum atomic E-state index is 13.7. The normalized spacial score (nSPS) is 9.73. The SMILES string of the molecule is CC.COC(=O)COc1nc(-c2c(F)cccc2F)n(C)n1. The Morgan fingerprint density at radius 2 is 1.86 bits per heavy atom. The maximum Gasteiger partial charge on any atom is 0.344 e. The van der Waals surface area contributed by atoms with Gasteiger partial charge in [-0.05, 0) is 12.1 Å². The van der Waals surface area contributed by atoms with Crippen molar-refractivity contribution in [3.05, 3.63) is 29.8 Å². The summed E-state index contributed by atoms with van der Waals surface area (Å²) in [6, 6.07) is 3.30. The number of hydrogen-bond acceptors (Lipinski definition) is 5. The number of aromatic nitrogens is 3. The molecule has 0 aliphatic rings. The van der Waals surface area contributed by atoms with E-state index < -0.39 is 17.6 Å². The molecule has 0 saturated heterocycles. The smallest absolute Gasteiger partial charge is 0.344 e. The van der Waals surface area contributed by atoms with Gasteiger partial charge in [0.1, 0.15) is 11.6 Å². The zero-order valence-electron chi connectivity index (χ0n) is 12.8. The van der Waals surface area contributed by atoms with Crippen molar-refractivity contribution < 1.29 is 23.0 Å². The molecule has 0 saturated carbocycles. The Labute approximate surface area is 126 Å². The van der Waals surface area contributed by atoms with Crippen LogP contribution in [0.2, 0.25) is 0 Å². The molecular formula is C14H17F2N3O3. The van der Waals surface area contributed by atoms with Crippen LogP contribution in [-0.2, 0) is 16.6 Å². The number of ether oxygens (including phenoxy) is 2. The minimum absolute atomic E-state index is 0.0412. The molecule has 1 aromatic heterocycles. The van der Waals surface area contributed by atoms with E-state index in [0.717, 1.165) is 16.8 Å². The van der Waals surface area contributed by atoms with Crippen LogP contribution >= 0.6 is 0 Å². The standard InChI is InChI=1S/C12H11F2N3O3.C2H6/c1-17-11(10-7(13)4-3-5-8(10)14)15-12(16-17)20-6-9(18)19-2;1-2/h3-5H,6H2,1-2H3;1-2H3. The molecule has 22 heavy (non-hydrogen) atoms. The molecule has 6 nitrogen and oxygen atoms in total. The summed E-state index contributed by atoms with van der Waals surface area (Å²) in [5, 5.41) is 3.82. The highest BCUT2D eigenvalue weighted by Gasteiger charge is 2.18. The summed E-state index contributed by atoms with van der Waals surface area (Å²) in [5.41, 5.74) is -0.310. The molecule has 0 amide bonds. The van der Waals surface area contributed by atoms with Crippen molar-refractivity contribution in [3.63, 3.8) is 0 Å². The molecule has 0 unspecified atom stereocenters. The Kier molecular flexibility index (Phi) is 6.43. The Morgan fingerprint density at radius 3 is 2.41 bits per heavy atom. The van der Waals surface area contributed by atoms with Crippen LogP contribution in [0.3, 0.4) is 0 Å². The lowest BCUT2D eigenvalue weighted by atomic mass is 10.2. The lowest BCUT2D eigenvalue weighted by Crippen LogP contribution is -2.13. The zero-order chi connectivity index (χ0) is 16.7. The molecule has 1 aromatic carbocycles. The molecule has 2 aromatic rings. The van der Waals surface area contributed by atoms with E-state index in [4.69, 9.17) is 4.74 Å². The van der Waals surface area contributed by atoms with Gasteiger partial charge in [0.2, 0.25) is 0 Å². The number of carbonyl (C=O) groups excluding carboxylic acids is 1. The fraction of sp³-hybridized carbons (Fsp3) is 0.357. The van der Waals surface area contributed by atoms with Crippen molar-refractivity contribution in [2.75, 3.05) is 13.7 Å². The van der Waals surface area contributed by atoms with E-state index in [1.54, 1.807) is 0 Å². The quantitative estimate of drug-likeness (QED) is 0.811. The van der Waals surface area contributed by atoms with E-state index in [9.17, 15) is 13.6 Å². The first kappa shape index (κ1) is 17.5. The van der Waals surface area contributed by atoms with Crippen LogP contribution in [-0.4, -0.2) is 34.5 Å². The Morgan fingerprint density at radius 1 is 1.27 bits per heavy atom. The van der Waals surface area contributed by atoms with E-state index in [1.807, 2.05) is 13.8 Å². The summed E-state index contributed by atoms with van der Waals surface area (Å²) in [6.45, 7) is 3.61. The summed E-state index contributed by atoms with van der Waals surface area (Å²) < 4.78 is 37.8. The van der Waals surface area contributed by atoms with Crippen LogP contribution in [0.15, 0.2) is 18.2 Å². The average molecular weight is 313 g/mol. The second kappa shape index (κ2) is 8.06. The second-order valence-electron chi connectivity index (χ2n) is 3.80. The maximum absolute atomic E-state index is 13.7. The first-order chi connectivity index (χ1) is 10.5. The van der Waals surface area contributed by atoms with Crippen molar-refractivity contribution in [1.29, 1.82) is 0 Å². The van der Waals surface area contributed by atoms with Gasteiger partial charge in [-0.15, -0.1) is 5.10 Å². The topological polar surface area (TPSA) is 66.2 Å². The van der Waals surface area contributed by atoms with E-state index in [2.05, 4.69) is 14.8 Å². The van der Waals surface area contributed by atoms with Crippen molar-refractivity contribution in [1.82, 2.24) is 14.8 Å². The van der Waals surface area contributed by atoms with Gasteiger partial charge in [0.15, 0.2) is 12.4 Å². The zero-order valence-corrected chi connectivity index (χ0v) is 12.8. The Balaban J connectivity index is 0.00000116. The van der Waals surface area contributed by atoms with Gasteiger partial charge in [-0.2, -0.15) is 4.98 Å². The van der Waals surface area contributed by atoms with Crippen LogP contribution in [0, 0.1) is 11.6 Å². The number of halogens is 2. The van der Waals surface area contributed by atoms with E-state index in [0.29, 0.717) is 0 Å². The largest absolute Gasteiger partial charge is 0.466 e. The van der Waals surface area contributed by atoms with Gasteiger partial charge in [0.25, 0.3) is 0 Å². The second-order valence-corrected chi connectivity index (χ2v) is 3.80. The van der Waals surface area contributed by atoms with Crippen LogP contribution in [0.25, 0.3) is 11.4 Å². The van der Waals surface area contributed by atoms with Gasteiger partial charge in [0.05, 0.1) is 12.7 Å². The molecule has 0 aliphatic heterocycles. The molecule has 1 heterocycles. The van der Waals surface area contributed by atoms with Crippen LogP contribution in [0.1, 0.15) is 13.8 Å². The van der Waals surface area contributed by atoms with Crippen LogP contribution in [0.4, 0.5) is 8.78 Å². The van der Waals surface area contributed by atoms with Gasteiger partial charge >= 0.3 is 12.0 Å². The predicted molar refractivity (Wildman–Crippen MR) is 75.2 cm³/mol. The molecule has 0 atom stereocenters. The van der Waals surface area contributed by atoms with Gasteiger partial charge in [-0.3, -0.25) is 0 Å². The van der Waals surface area contributed by atoms with Gasteiger partial charge in [-0.25, -0.2) is 18.3 Å². The number of aryl methyl sites for hydroxylation is 1. The molecule has 0 N–H and O–H groups in total. The summed E-state index contributed by atoms with van der Waals surface area (Å²) >= 11 is 0. The van der Waals surface area contributed by atoms with E-state index in [-0.39, 0.29) is 24.0 Å². The summed E-state index contributed by atoms with van der Waals surface area (Å²) in [6.07, 6.45) is 0. The highest BCUT2D eigenvalue weighted by atomic mass is 19.1. The fourth-order valence-corrected chi connectivity index (χ4v) is 1.53. The number of benzene rings is 1. The predicted octanol–water partition coefficient (Wildman–Crippen LogP) is 2.34. The molecular weight excluding hydrogens is 296 g/mol. The van der Waals surface area contributed by atoms with Crippen molar-refractivity contribution >= 4 is 5.97 Å². The third-order valence-corrected chi connectivity index (χ3v) is 2.48. The average Bonchev–Trinajstić information content (AvgIpc) is 2.87. The monoisotopic (exact) mass is 313 g/mol. The highest BCUT2D eigenvalue weighted by molar-refractivity contribution is 5.70. The van der Waals surface area contributed by atoms with E-state index in [1.165, 1.54) is 20.2 Å². The summed E-state index contributed by atoms with van der Waals surface area (Å²) in [5.74, 6) is -2.18. The summed E-state index contributed by atoms with van der Waals surface area (Å²) in [7, 11) is 2.66. The number of nitrogens with zero attached hydrogens (tertiary/aromatic N) is 3. The molecule has 2 rings (SSSR count). The number of rotatable bonds is 4. The first-order valence-electron chi connectivity index (χ1n) is 6.58. The van der Waals surface area contributed by atoms with Gasteiger partial charge in [-0.1, -0.05) is 19.9 Å². The lowest BCUT2D eigenvalue weighted by molar-refractivity contribution is -0.143. The van der Waals surface area contributed by atoms with E-state index >= 15 is 0 Å². The lowest BCUT2D eigenvalue weighted by Gasteiger charge is -2.02. The third kappa shape index (κ3) is 4.00. The van der Waals surface area contributed by atoms with Crippen LogP contribution < -0.4 is 4.74 Å². The van der Waals surface area contributed by atoms with Crippen molar-refractivity contribution in [2.45, 2.75) is 13.8 Å². The summed E-state index contributed by atoms with van der Waals surface area (Å²) in [4.78, 5) is 14.8. The Bertz CT molecular complexity index is 624. The van der Waals surface area contributed by atoms with Gasteiger partial charge < -0.3 is 9.47 Å². The molecule has 0 radical (unpaired) electrons. The minimum atomic E-state index is -0.764. The number of carbonyl (C=O) groups is 1. The third-order valence-electron chi connectivity index (χ3n) is 2.48. The highest BCUT2D eigenvalue weighted by Crippen LogP contribution is 2.25. The van der Waals surface area contributed by atoms with Crippen molar-refractivity contribution in [3.8, 4) is 17.4 Å². The minimum Gasteiger partial charge on any atom is -0.466 e. The first-order valence-corrected chi connectivity index (χ1v) is 6.58. The van der Waals surface area contributed by atoms with Crippen molar-refractivity contribution in [2.24, 2.45) is 7.05 Å². The van der Waals surface area contributed by atoms with Crippen LogP contribution in [0.5, 0.6) is 6.01 Å². The number of hydrogen-bond donors (Lipinski definition) is 0. The molecule has 8 heteroatoms. The number of methoxy groups -OCH3 is 1. The molecule has 0 spiro atoms. The molecule has 0 bridgehead atoms. The molecule has 0 aliphatic carbocycles. The number of esters is 1.